The summed E-state index contributed by atoms with van der Waals surface area (Å²) in [5.41, 5.74) is 0.931. The van der Waals surface area contributed by atoms with E-state index in [2.05, 4.69) is 27.5 Å². The number of likely N-dealkylation sites (N-methyl/N-ethyl adjacent to an activating group) is 1. The summed E-state index contributed by atoms with van der Waals surface area (Å²) in [5, 5.41) is 5.28. The standard InChI is InChI=1S/C18H27FN4O2/c1-3-8-20-17(24)18(25)21-13-16(14-4-6-15(19)7-5-14)23-11-9-22(2)10-12-23/h4-7,16H,3,8-13H2,1-2H3,(H,20,24)(H,21,25)/t16-/m0/s1. The average molecular weight is 350 g/mol. The number of nitrogens with zero attached hydrogens (tertiary/aromatic N) is 2. The van der Waals surface area contributed by atoms with Crippen LogP contribution < -0.4 is 10.6 Å². The summed E-state index contributed by atoms with van der Waals surface area (Å²) in [4.78, 5) is 28.2. The molecule has 1 saturated heterocycles. The second-order valence-electron chi connectivity index (χ2n) is 6.37. The van der Waals surface area contributed by atoms with Gasteiger partial charge in [0.05, 0.1) is 6.04 Å². The van der Waals surface area contributed by atoms with Gasteiger partial charge in [-0.1, -0.05) is 19.1 Å². The van der Waals surface area contributed by atoms with E-state index in [1.54, 1.807) is 12.1 Å². The van der Waals surface area contributed by atoms with Crippen LogP contribution >= 0.6 is 0 Å². The van der Waals surface area contributed by atoms with Crippen molar-refractivity contribution in [2.45, 2.75) is 19.4 Å². The van der Waals surface area contributed by atoms with E-state index in [1.807, 2.05) is 6.92 Å². The molecule has 0 saturated carbocycles. The maximum absolute atomic E-state index is 13.2. The van der Waals surface area contributed by atoms with Crippen molar-refractivity contribution in [1.29, 1.82) is 0 Å². The van der Waals surface area contributed by atoms with Crippen LogP contribution in [0.4, 0.5) is 4.39 Å². The Hall–Kier alpha value is -1.99. The minimum absolute atomic E-state index is 0.0859. The summed E-state index contributed by atoms with van der Waals surface area (Å²) in [6.07, 6.45) is 0.776. The number of nitrogens with one attached hydrogen (secondary N) is 2. The highest BCUT2D eigenvalue weighted by molar-refractivity contribution is 6.35. The third-order valence-electron chi connectivity index (χ3n) is 4.43. The number of carbonyl (C=O) groups is 2. The van der Waals surface area contributed by atoms with Crippen LogP contribution in [0.25, 0.3) is 0 Å². The zero-order valence-electron chi connectivity index (χ0n) is 14.9. The van der Waals surface area contributed by atoms with E-state index in [0.717, 1.165) is 38.2 Å². The predicted octanol–water partition coefficient (Wildman–Crippen LogP) is 0.757. The Morgan fingerprint density at radius 1 is 1.08 bits per heavy atom. The zero-order valence-corrected chi connectivity index (χ0v) is 14.9. The van der Waals surface area contributed by atoms with Gasteiger partial charge in [0.15, 0.2) is 0 Å². The molecule has 1 aromatic carbocycles. The molecule has 0 radical (unpaired) electrons. The van der Waals surface area contributed by atoms with Gasteiger partial charge in [-0.3, -0.25) is 14.5 Å². The Kier molecular flexibility index (Phi) is 7.33. The van der Waals surface area contributed by atoms with Gasteiger partial charge in [-0.2, -0.15) is 0 Å². The number of piperazine rings is 1. The lowest BCUT2D eigenvalue weighted by Crippen LogP contribution is -2.49. The molecule has 1 aliphatic heterocycles. The molecule has 2 rings (SSSR count). The summed E-state index contributed by atoms with van der Waals surface area (Å²) >= 11 is 0. The van der Waals surface area contributed by atoms with Crippen LogP contribution in [0.2, 0.25) is 0 Å². The summed E-state index contributed by atoms with van der Waals surface area (Å²) in [6, 6.07) is 6.24. The first-order valence-corrected chi connectivity index (χ1v) is 8.75. The van der Waals surface area contributed by atoms with E-state index >= 15 is 0 Å². The number of rotatable bonds is 6. The number of carbonyl (C=O) groups excluding carboxylic acids is 2. The van der Waals surface area contributed by atoms with Crippen LogP contribution in [-0.2, 0) is 9.59 Å². The second-order valence-corrected chi connectivity index (χ2v) is 6.37. The third-order valence-corrected chi connectivity index (χ3v) is 4.43. The lowest BCUT2D eigenvalue weighted by molar-refractivity contribution is -0.139. The Bertz CT molecular complexity index is 571. The van der Waals surface area contributed by atoms with E-state index in [9.17, 15) is 14.0 Å². The highest BCUT2D eigenvalue weighted by atomic mass is 19.1. The molecular formula is C18H27FN4O2. The maximum Gasteiger partial charge on any atom is 0.309 e. The molecule has 25 heavy (non-hydrogen) atoms. The quantitative estimate of drug-likeness (QED) is 0.744. The van der Waals surface area contributed by atoms with Crippen LogP contribution in [0.15, 0.2) is 24.3 Å². The Morgan fingerprint density at radius 2 is 1.68 bits per heavy atom. The smallest absolute Gasteiger partial charge is 0.309 e. The zero-order chi connectivity index (χ0) is 18.2. The molecule has 1 aromatic rings. The van der Waals surface area contributed by atoms with Gasteiger partial charge in [0.25, 0.3) is 0 Å². The van der Waals surface area contributed by atoms with Crippen molar-refractivity contribution >= 4 is 11.8 Å². The Morgan fingerprint density at radius 3 is 2.28 bits per heavy atom. The molecule has 2 N–H and O–H groups in total. The SMILES string of the molecule is CCCNC(=O)C(=O)NC[C@@H](c1ccc(F)cc1)N1CCN(C)CC1. The van der Waals surface area contributed by atoms with Crippen molar-refractivity contribution in [3.63, 3.8) is 0 Å². The van der Waals surface area contributed by atoms with Crippen molar-refractivity contribution < 1.29 is 14.0 Å². The van der Waals surface area contributed by atoms with Crippen LogP contribution in [0.5, 0.6) is 0 Å². The molecule has 0 spiro atoms. The van der Waals surface area contributed by atoms with Gasteiger partial charge in [0, 0.05) is 39.3 Å². The highest BCUT2D eigenvalue weighted by Gasteiger charge is 2.25. The minimum atomic E-state index is -0.630. The second kappa shape index (κ2) is 9.48. The first-order chi connectivity index (χ1) is 12.0. The average Bonchev–Trinajstić information content (AvgIpc) is 2.62. The Labute approximate surface area is 148 Å². The molecule has 6 nitrogen and oxygen atoms in total. The molecular weight excluding hydrogens is 323 g/mol. The van der Waals surface area contributed by atoms with E-state index in [0.29, 0.717) is 13.1 Å². The van der Waals surface area contributed by atoms with Gasteiger partial charge in [-0.25, -0.2) is 4.39 Å². The summed E-state index contributed by atoms with van der Waals surface area (Å²) in [7, 11) is 2.07. The molecule has 1 heterocycles. The van der Waals surface area contributed by atoms with Gasteiger partial charge in [0.2, 0.25) is 0 Å². The monoisotopic (exact) mass is 350 g/mol. The first-order valence-electron chi connectivity index (χ1n) is 8.75. The fourth-order valence-corrected chi connectivity index (χ4v) is 2.86. The summed E-state index contributed by atoms with van der Waals surface area (Å²) in [6.45, 7) is 6.30. The molecule has 2 amide bonds. The predicted molar refractivity (Wildman–Crippen MR) is 94.5 cm³/mol. The molecule has 7 heteroatoms. The Balaban J connectivity index is 2.03. The van der Waals surface area contributed by atoms with Crippen molar-refractivity contribution in [2.75, 3.05) is 46.3 Å². The summed E-state index contributed by atoms with van der Waals surface area (Å²) in [5.74, 6) is -1.53. The van der Waals surface area contributed by atoms with Gasteiger partial charge < -0.3 is 15.5 Å². The third kappa shape index (κ3) is 5.79. The minimum Gasteiger partial charge on any atom is -0.348 e. The lowest BCUT2D eigenvalue weighted by Gasteiger charge is -2.38. The van der Waals surface area contributed by atoms with Crippen molar-refractivity contribution in [3.8, 4) is 0 Å². The van der Waals surface area contributed by atoms with E-state index in [4.69, 9.17) is 0 Å². The molecule has 138 valence electrons. The van der Waals surface area contributed by atoms with Gasteiger partial charge in [-0.15, -0.1) is 0 Å². The van der Waals surface area contributed by atoms with Crippen LogP contribution in [0.3, 0.4) is 0 Å². The van der Waals surface area contributed by atoms with E-state index < -0.39 is 11.8 Å². The summed E-state index contributed by atoms with van der Waals surface area (Å²) < 4.78 is 13.2. The highest BCUT2D eigenvalue weighted by Crippen LogP contribution is 2.22. The molecule has 1 aliphatic rings. The van der Waals surface area contributed by atoms with Crippen LogP contribution in [-0.4, -0.2) is 67.9 Å². The maximum atomic E-state index is 13.2. The first kappa shape index (κ1) is 19.3. The fraction of sp³-hybridized carbons (Fsp3) is 0.556. The van der Waals surface area contributed by atoms with Crippen LogP contribution in [0, 0.1) is 5.82 Å². The lowest BCUT2D eigenvalue weighted by atomic mass is 10.0. The molecule has 0 aromatic heterocycles. The number of hydrogen-bond acceptors (Lipinski definition) is 4. The molecule has 0 aliphatic carbocycles. The van der Waals surface area contributed by atoms with E-state index in [-0.39, 0.29) is 11.9 Å². The molecule has 1 fully saturated rings. The van der Waals surface area contributed by atoms with Crippen molar-refractivity contribution in [2.24, 2.45) is 0 Å². The van der Waals surface area contributed by atoms with Gasteiger partial charge in [0.1, 0.15) is 5.82 Å². The number of halogens is 1. The molecule has 1 atom stereocenters. The number of amides is 2. The molecule has 0 bridgehead atoms. The number of hydrogen-bond donors (Lipinski definition) is 2. The largest absolute Gasteiger partial charge is 0.348 e. The van der Waals surface area contributed by atoms with Crippen LogP contribution in [0.1, 0.15) is 24.9 Å². The van der Waals surface area contributed by atoms with Crippen molar-refractivity contribution in [3.05, 3.63) is 35.6 Å². The number of benzene rings is 1. The van der Waals surface area contributed by atoms with E-state index in [1.165, 1.54) is 12.1 Å². The van der Waals surface area contributed by atoms with Gasteiger partial charge >= 0.3 is 11.8 Å². The topological polar surface area (TPSA) is 64.7 Å². The fourth-order valence-electron chi connectivity index (χ4n) is 2.86. The van der Waals surface area contributed by atoms with Gasteiger partial charge in [-0.05, 0) is 31.2 Å². The normalized spacial score (nSPS) is 17.1. The van der Waals surface area contributed by atoms with Crippen molar-refractivity contribution in [1.82, 2.24) is 20.4 Å². The molecule has 0 unspecified atom stereocenters.